The SMILES string of the molecule is CC1=C2Cc3c(C(N)=O)ncn3-c3ccccc3[C@@H](C2)N=N1. The number of hydrogen-bond acceptors (Lipinski definition) is 4. The lowest BCUT2D eigenvalue weighted by molar-refractivity contribution is 0.0995. The lowest BCUT2D eigenvalue weighted by atomic mass is 9.91. The molecular weight excluding hydrogens is 278 g/mol. The first-order valence-corrected chi connectivity index (χ1v) is 7.20. The molecular formula is C16H15N5O. The van der Waals surface area contributed by atoms with Crippen LogP contribution in [0.4, 0.5) is 0 Å². The Morgan fingerprint density at radius 3 is 3.00 bits per heavy atom. The fourth-order valence-corrected chi connectivity index (χ4v) is 3.17. The van der Waals surface area contributed by atoms with E-state index in [1.54, 1.807) is 6.33 Å². The van der Waals surface area contributed by atoms with Crippen molar-refractivity contribution >= 4 is 5.91 Å². The number of aromatic nitrogens is 2. The zero-order valence-corrected chi connectivity index (χ0v) is 12.2. The van der Waals surface area contributed by atoms with E-state index in [1.807, 2.05) is 29.7 Å². The van der Waals surface area contributed by atoms with Crippen molar-refractivity contribution < 1.29 is 4.79 Å². The summed E-state index contributed by atoms with van der Waals surface area (Å²) in [4.78, 5) is 15.9. The quantitative estimate of drug-likeness (QED) is 0.876. The number of nitrogens with zero attached hydrogens (tertiary/aromatic N) is 4. The van der Waals surface area contributed by atoms with Gasteiger partial charge in [0.15, 0.2) is 0 Å². The highest BCUT2D eigenvalue weighted by Gasteiger charge is 2.28. The van der Waals surface area contributed by atoms with E-state index in [0.29, 0.717) is 12.1 Å². The van der Waals surface area contributed by atoms with Crippen LogP contribution in [0, 0.1) is 0 Å². The van der Waals surface area contributed by atoms with Gasteiger partial charge < -0.3 is 10.3 Å². The average Bonchev–Trinajstić information content (AvgIpc) is 2.91. The molecule has 2 bridgehead atoms. The third-order valence-electron chi connectivity index (χ3n) is 4.33. The van der Waals surface area contributed by atoms with E-state index in [2.05, 4.69) is 21.3 Å². The van der Waals surface area contributed by atoms with Crippen LogP contribution in [0.3, 0.4) is 0 Å². The number of azo groups is 1. The first-order valence-electron chi connectivity index (χ1n) is 7.20. The molecule has 0 fully saturated rings. The Balaban J connectivity index is 2.02. The van der Waals surface area contributed by atoms with Crippen LogP contribution in [-0.2, 0) is 6.42 Å². The molecule has 1 aromatic heterocycles. The van der Waals surface area contributed by atoms with Crippen molar-refractivity contribution in [3.05, 3.63) is 58.8 Å². The normalized spacial score (nSPS) is 19.2. The van der Waals surface area contributed by atoms with Gasteiger partial charge in [-0.1, -0.05) is 18.2 Å². The second kappa shape index (κ2) is 4.62. The van der Waals surface area contributed by atoms with Gasteiger partial charge in [0.25, 0.3) is 5.91 Å². The van der Waals surface area contributed by atoms with Crippen LogP contribution in [0.2, 0.25) is 0 Å². The number of fused-ring (bicyclic) bond motifs is 6. The molecule has 0 spiro atoms. The number of amides is 1. The average molecular weight is 293 g/mol. The summed E-state index contributed by atoms with van der Waals surface area (Å²) in [5.41, 5.74) is 10.8. The Hall–Kier alpha value is -2.76. The summed E-state index contributed by atoms with van der Waals surface area (Å²) in [6.07, 6.45) is 3.10. The molecule has 0 saturated carbocycles. The van der Waals surface area contributed by atoms with Gasteiger partial charge in [0.05, 0.1) is 17.1 Å². The number of nitrogens with two attached hydrogens (primary N) is 1. The molecule has 0 aliphatic carbocycles. The predicted molar refractivity (Wildman–Crippen MR) is 80.7 cm³/mol. The van der Waals surface area contributed by atoms with Crippen LogP contribution >= 0.6 is 0 Å². The minimum absolute atomic E-state index is 0.0162. The van der Waals surface area contributed by atoms with Crippen molar-refractivity contribution in [2.24, 2.45) is 16.0 Å². The highest BCUT2D eigenvalue weighted by Crippen LogP contribution is 2.39. The van der Waals surface area contributed by atoms with Gasteiger partial charge >= 0.3 is 0 Å². The second-order valence-electron chi connectivity index (χ2n) is 5.63. The zero-order valence-electron chi connectivity index (χ0n) is 12.2. The Morgan fingerprint density at radius 1 is 1.36 bits per heavy atom. The molecule has 3 heterocycles. The first kappa shape index (κ1) is 12.9. The fraction of sp³-hybridized carbons (Fsp3) is 0.250. The van der Waals surface area contributed by atoms with Crippen LogP contribution in [0.25, 0.3) is 5.69 Å². The van der Waals surface area contributed by atoms with Gasteiger partial charge in [-0.05, 0) is 25.0 Å². The third kappa shape index (κ3) is 1.80. The molecule has 110 valence electrons. The van der Waals surface area contributed by atoms with Crippen LogP contribution in [0.15, 0.2) is 52.1 Å². The molecule has 2 N–H and O–H groups in total. The van der Waals surface area contributed by atoms with Gasteiger partial charge in [0.2, 0.25) is 0 Å². The Kier molecular flexibility index (Phi) is 2.72. The van der Waals surface area contributed by atoms with Gasteiger partial charge in [-0.15, -0.1) is 0 Å². The molecule has 6 nitrogen and oxygen atoms in total. The predicted octanol–water partition coefficient (Wildman–Crippen LogP) is 2.70. The number of benzene rings is 1. The largest absolute Gasteiger partial charge is 0.364 e. The number of imidazole rings is 1. The number of allylic oxidation sites excluding steroid dienone is 1. The fourth-order valence-electron chi connectivity index (χ4n) is 3.17. The standard InChI is InChI=1S/C16H15N5O/c1-9-10-6-12(20-19-9)11-4-2-3-5-13(11)21-8-18-15(16(17)22)14(21)7-10/h2-5,8,12H,6-7H2,1H3,(H2,17,22)/t12-/m1/s1. The van der Waals surface area contributed by atoms with Crippen LogP contribution in [-0.4, -0.2) is 15.5 Å². The third-order valence-corrected chi connectivity index (χ3v) is 4.33. The monoisotopic (exact) mass is 293 g/mol. The minimum atomic E-state index is -0.501. The van der Waals surface area contributed by atoms with Crippen molar-refractivity contribution in [1.29, 1.82) is 0 Å². The van der Waals surface area contributed by atoms with Crippen LogP contribution in [0.5, 0.6) is 0 Å². The highest BCUT2D eigenvalue weighted by molar-refractivity contribution is 5.92. The van der Waals surface area contributed by atoms with Crippen LogP contribution in [0.1, 0.15) is 41.1 Å². The molecule has 4 rings (SSSR count). The Morgan fingerprint density at radius 2 is 2.18 bits per heavy atom. The van der Waals surface area contributed by atoms with Crippen molar-refractivity contribution in [3.8, 4) is 5.69 Å². The minimum Gasteiger partial charge on any atom is -0.364 e. The molecule has 1 amide bonds. The van der Waals surface area contributed by atoms with E-state index in [1.165, 1.54) is 5.57 Å². The molecule has 22 heavy (non-hydrogen) atoms. The molecule has 2 aromatic rings. The summed E-state index contributed by atoms with van der Waals surface area (Å²) < 4.78 is 1.95. The maximum absolute atomic E-state index is 11.7. The van der Waals surface area contributed by atoms with E-state index in [-0.39, 0.29) is 6.04 Å². The van der Waals surface area contributed by atoms with E-state index in [4.69, 9.17) is 5.73 Å². The summed E-state index contributed by atoms with van der Waals surface area (Å²) in [5, 5.41) is 8.74. The summed E-state index contributed by atoms with van der Waals surface area (Å²) >= 11 is 0. The molecule has 2 aliphatic rings. The molecule has 0 unspecified atom stereocenters. The maximum atomic E-state index is 11.7. The zero-order chi connectivity index (χ0) is 15.3. The number of hydrogen-bond donors (Lipinski definition) is 1. The maximum Gasteiger partial charge on any atom is 0.269 e. The Bertz CT molecular complexity index is 846. The van der Waals surface area contributed by atoms with Gasteiger partial charge in [-0.2, -0.15) is 10.2 Å². The number of carbonyl (C=O) groups is 1. The second-order valence-corrected chi connectivity index (χ2v) is 5.63. The first-order chi connectivity index (χ1) is 10.6. The van der Waals surface area contributed by atoms with E-state index in [0.717, 1.165) is 29.1 Å². The van der Waals surface area contributed by atoms with Crippen LogP contribution < -0.4 is 5.73 Å². The summed E-state index contributed by atoms with van der Waals surface area (Å²) in [5.74, 6) is -0.501. The molecule has 1 aromatic carbocycles. The number of carbonyl (C=O) groups excluding carboxylic acids is 1. The molecule has 2 aliphatic heterocycles. The topological polar surface area (TPSA) is 85.6 Å². The summed E-state index contributed by atoms with van der Waals surface area (Å²) in [7, 11) is 0. The van der Waals surface area contributed by atoms with E-state index < -0.39 is 5.91 Å². The van der Waals surface area contributed by atoms with E-state index in [9.17, 15) is 4.79 Å². The lowest BCUT2D eigenvalue weighted by Crippen LogP contribution is -2.19. The van der Waals surface area contributed by atoms with Crippen molar-refractivity contribution in [3.63, 3.8) is 0 Å². The molecule has 1 atom stereocenters. The van der Waals surface area contributed by atoms with Gasteiger partial charge in [0, 0.05) is 12.0 Å². The number of para-hydroxylation sites is 1. The summed E-state index contributed by atoms with van der Waals surface area (Å²) in [6, 6.07) is 8.04. The molecule has 0 saturated heterocycles. The number of primary amides is 1. The highest BCUT2D eigenvalue weighted by atomic mass is 16.1. The van der Waals surface area contributed by atoms with Crippen molar-refractivity contribution in [2.75, 3.05) is 0 Å². The van der Waals surface area contributed by atoms with E-state index >= 15 is 0 Å². The van der Waals surface area contributed by atoms with Gasteiger partial charge in [0.1, 0.15) is 18.1 Å². The Labute approximate surface area is 127 Å². The van der Waals surface area contributed by atoms with Gasteiger partial charge in [-0.3, -0.25) is 4.79 Å². The lowest BCUT2D eigenvalue weighted by Gasteiger charge is -2.26. The smallest absolute Gasteiger partial charge is 0.269 e. The molecule has 6 heteroatoms. The summed E-state index contributed by atoms with van der Waals surface area (Å²) in [6.45, 7) is 1.95. The molecule has 0 radical (unpaired) electrons. The number of rotatable bonds is 1. The van der Waals surface area contributed by atoms with Gasteiger partial charge in [-0.25, -0.2) is 4.98 Å². The van der Waals surface area contributed by atoms with Crippen molar-refractivity contribution in [1.82, 2.24) is 9.55 Å². The van der Waals surface area contributed by atoms with Crippen molar-refractivity contribution in [2.45, 2.75) is 25.8 Å².